The van der Waals surface area contributed by atoms with E-state index in [9.17, 15) is 4.79 Å². The molecule has 1 fully saturated rings. The SMILES string of the molecule is Cc1sc(C(=O)/C=C/c2ccc(N(C)C)cc2)c2c1[C@@H]1C(C)[C@@H]1C2. The average molecular weight is 337 g/mol. The van der Waals surface area contributed by atoms with E-state index in [0.29, 0.717) is 0 Å². The second kappa shape index (κ2) is 5.59. The zero-order valence-electron chi connectivity index (χ0n) is 14.7. The van der Waals surface area contributed by atoms with Crippen LogP contribution >= 0.6 is 11.3 Å². The van der Waals surface area contributed by atoms with E-state index in [1.54, 1.807) is 17.4 Å². The van der Waals surface area contributed by atoms with Crippen LogP contribution in [0.15, 0.2) is 30.3 Å². The summed E-state index contributed by atoms with van der Waals surface area (Å²) in [4.78, 5) is 17.1. The lowest BCUT2D eigenvalue weighted by molar-refractivity contribution is 0.105. The number of anilines is 1. The molecule has 0 N–H and O–H groups in total. The van der Waals surface area contributed by atoms with E-state index >= 15 is 0 Å². The van der Waals surface area contributed by atoms with Crippen molar-refractivity contribution in [3.05, 3.63) is 56.8 Å². The minimum Gasteiger partial charge on any atom is -0.378 e. The second-order valence-corrected chi connectivity index (χ2v) is 8.54. The van der Waals surface area contributed by atoms with E-state index in [1.165, 1.54) is 21.7 Å². The highest BCUT2D eigenvalue weighted by atomic mass is 32.1. The number of hydrogen-bond donors (Lipinski definition) is 0. The van der Waals surface area contributed by atoms with Crippen LogP contribution in [0.2, 0.25) is 0 Å². The van der Waals surface area contributed by atoms with Gasteiger partial charge in [0.2, 0.25) is 0 Å². The van der Waals surface area contributed by atoms with Crippen molar-refractivity contribution in [1.82, 2.24) is 0 Å². The van der Waals surface area contributed by atoms with Crippen molar-refractivity contribution in [2.24, 2.45) is 11.8 Å². The summed E-state index contributed by atoms with van der Waals surface area (Å²) in [5.41, 5.74) is 5.08. The first-order valence-corrected chi connectivity index (χ1v) is 9.41. The van der Waals surface area contributed by atoms with Crippen LogP contribution in [-0.4, -0.2) is 19.9 Å². The van der Waals surface area contributed by atoms with Crippen molar-refractivity contribution in [3.8, 4) is 0 Å². The Morgan fingerprint density at radius 1 is 1.25 bits per heavy atom. The molecule has 1 aromatic heterocycles. The van der Waals surface area contributed by atoms with E-state index < -0.39 is 0 Å². The van der Waals surface area contributed by atoms with Gasteiger partial charge in [-0.3, -0.25) is 4.79 Å². The Morgan fingerprint density at radius 2 is 1.96 bits per heavy atom. The molecule has 124 valence electrons. The quantitative estimate of drug-likeness (QED) is 0.583. The van der Waals surface area contributed by atoms with Crippen LogP contribution in [0, 0.1) is 18.8 Å². The van der Waals surface area contributed by atoms with Gasteiger partial charge in [-0.1, -0.05) is 25.1 Å². The maximum atomic E-state index is 12.7. The van der Waals surface area contributed by atoms with Crippen molar-refractivity contribution in [3.63, 3.8) is 0 Å². The molecule has 24 heavy (non-hydrogen) atoms. The molecule has 0 saturated heterocycles. The van der Waals surface area contributed by atoms with Gasteiger partial charge in [0.1, 0.15) is 0 Å². The van der Waals surface area contributed by atoms with E-state index in [2.05, 4.69) is 43.0 Å². The third-order valence-electron chi connectivity index (χ3n) is 5.63. The van der Waals surface area contributed by atoms with Crippen molar-refractivity contribution in [2.75, 3.05) is 19.0 Å². The molecule has 3 heteroatoms. The summed E-state index contributed by atoms with van der Waals surface area (Å²) in [6.07, 6.45) is 4.78. The van der Waals surface area contributed by atoms with Crippen LogP contribution in [0.5, 0.6) is 0 Å². The summed E-state index contributed by atoms with van der Waals surface area (Å²) in [7, 11) is 4.05. The number of allylic oxidation sites excluding steroid dienone is 1. The molecular weight excluding hydrogens is 314 g/mol. The molecule has 4 rings (SSSR count). The van der Waals surface area contributed by atoms with E-state index in [4.69, 9.17) is 0 Å². The normalized spacial score (nSPS) is 24.1. The molecule has 0 spiro atoms. The molecule has 1 unspecified atom stereocenters. The zero-order valence-corrected chi connectivity index (χ0v) is 15.5. The molecule has 3 atom stereocenters. The Hall–Kier alpha value is -1.87. The second-order valence-electron chi connectivity index (χ2n) is 7.32. The fraction of sp³-hybridized carbons (Fsp3) is 0.381. The van der Waals surface area contributed by atoms with E-state index in [-0.39, 0.29) is 5.78 Å². The zero-order chi connectivity index (χ0) is 17.0. The highest BCUT2D eigenvalue weighted by Gasteiger charge is 2.54. The highest BCUT2D eigenvalue weighted by Crippen LogP contribution is 2.63. The van der Waals surface area contributed by atoms with Gasteiger partial charge in [-0.2, -0.15) is 0 Å². The summed E-state index contributed by atoms with van der Waals surface area (Å²) in [5, 5.41) is 0. The van der Waals surface area contributed by atoms with E-state index in [1.807, 2.05) is 20.2 Å². The summed E-state index contributed by atoms with van der Waals surface area (Å²) < 4.78 is 0. The number of fused-ring (bicyclic) bond motifs is 3. The summed E-state index contributed by atoms with van der Waals surface area (Å²) >= 11 is 1.69. The Morgan fingerprint density at radius 3 is 2.62 bits per heavy atom. The molecule has 1 saturated carbocycles. The maximum absolute atomic E-state index is 12.7. The average Bonchev–Trinajstić information content (AvgIpc) is 2.92. The van der Waals surface area contributed by atoms with Gasteiger partial charge in [-0.05, 0) is 66.0 Å². The lowest BCUT2D eigenvalue weighted by atomic mass is 10.0. The van der Waals surface area contributed by atoms with Gasteiger partial charge < -0.3 is 4.90 Å². The lowest BCUT2D eigenvalue weighted by Gasteiger charge is -2.11. The molecule has 0 amide bonds. The fourth-order valence-electron chi connectivity index (χ4n) is 4.14. The third kappa shape index (κ3) is 2.42. The van der Waals surface area contributed by atoms with Gasteiger partial charge in [-0.25, -0.2) is 0 Å². The predicted molar refractivity (Wildman–Crippen MR) is 102 cm³/mol. The summed E-state index contributed by atoms with van der Waals surface area (Å²) in [6, 6.07) is 8.26. The van der Waals surface area contributed by atoms with Gasteiger partial charge in [0.25, 0.3) is 0 Å². The minimum absolute atomic E-state index is 0.162. The number of rotatable bonds is 4. The predicted octanol–water partition coefficient (Wildman–Crippen LogP) is 4.92. The van der Waals surface area contributed by atoms with Crippen LogP contribution in [-0.2, 0) is 6.42 Å². The van der Waals surface area contributed by atoms with E-state index in [0.717, 1.165) is 34.6 Å². The highest BCUT2D eigenvalue weighted by molar-refractivity contribution is 7.14. The molecule has 1 aromatic carbocycles. The minimum atomic E-state index is 0.162. The van der Waals surface area contributed by atoms with Crippen LogP contribution in [0.1, 0.15) is 44.1 Å². The smallest absolute Gasteiger partial charge is 0.196 e. The maximum Gasteiger partial charge on any atom is 0.196 e. The molecule has 2 aliphatic rings. The number of nitrogens with zero attached hydrogens (tertiary/aromatic N) is 1. The van der Waals surface area contributed by atoms with Gasteiger partial charge >= 0.3 is 0 Å². The van der Waals surface area contributed by atoms with Crippen LogP contribution < -0.4 is 4.90 Å². The van der Waals surface area contributed by atoms with Gasteiger partial charge in [0.15, 0.2) is 5.78 Å². The standard InChI is InChI=1S/C21H23NOS/c1-12-16-11-17-20(19(12)16)13(2)24-21(17)18(23)10-7-14-5-8-15(9-6-14)22(3)4/h5-10,12,16,19H,11H2,1-4H3/b10-7+/t12?,16-,19+/m0/s1. The Balaban J connectivity index is 1.54. The van der Waals surface area contributed by atoms with Crippen molar-refractivity contribution in [1.29, 1.82) is 0 Å². The Bertz CT molecular complexity index is 828. The van der Waals surface area contributed by atoms with Crippen molar-refractivity contribution >= 4 is 28.9 Å². The fourth-order valence-corrected chi connectivity index (χ4v) is 5.30. The molecular formula is C21H23NOS. The molecule has 2 aromatic rings. The molecule has 2 nitrogen and oxygen atoms in total. The summed E-state index contributed by atoms with van der Waals surface area (Å²) in [5.74, 6) is 2.52. The van der Waals surface area contributed by atoms with Crippen LogP contribution in [0.3, 0.4) is 0 Å². The first-order valence-electron chi connectivity index (χ1n) is 8.59. The van der Waals surface area contributed by atoms with Crippen molar-refractivity contribution < 1.29 is 4.79 Å². The number of ketones is 1. The van der Waals surface area contributed by atoms with Crippen LogP contribution in [0.25, 0.3) is 6.08 Å². The number of hydrogen-bond acceptors (Lipinski definition) is 3. The molecule has 2 aliphatic carbocycles. The number of thiophene rings is 1. The number of benzene rings is 1. The summed E-state index contributed by atoms with van der Waals surface area (Å²) in [6.45, 7) is 4.52. The number of carbonyl (C=O) groups excluding carboxylic acids is 1. The first-order chi connectivity index (χ1) is 11.5. The molecule has 0 radical (unpaired) electrons. The topological polar surface area (TPSA) is 20.3 Å². The first kappa shape index (κ1) is 15.6. The Kier molecular flexibility index (Phi) is 3.65. The lowest BCUT2D eigenvalue weighted by Crippen LogP contribution is -2.07. The van der Waals surface area contributed by atoms with Gasteiger partial charge in [-0.15, -0.1) is 11.3 Å². The molecule has 1 heterocycles. The number of carbonyl (C=O) groups is 1. The molecule has 0 bridgehead atoms. The van der Waals surface area contributed by atoms with Crippen molar-refractivity contribution in [2.45, 2.75) is 26.2 Å². The van der Waals surface area contributed by atoms with Gasteiger partial charge in [0, 0.05) is 24.7 Å². The largest absolute Gasteiger partial charge is 0.378 e. The van der Waals surface area contributed by atoms with Gasteiger partial charge in [0.05, 0.1) is 4.88 Å². The number of aryl methyl sites for hydroxylation is 1. The van der Waals surface area contributed by atoms with Crippen LogP contribution in [0.4, 0.5) is 5.69 Å². The Labute approximate surface area is 147 Å². The third-order valence-corrected chi connectivity index (χ3v) is 6.81. The monoisotopic (exact) mass is 337 g/mol. The molecule has 0 aliphatic heterocycles.